The zero-order valence-corrected chi connectivity index (χ0v) is 20.1. The van der Waals surface area contributed by atoms with Gasteiger partial charge in [-0.3, -0.25) is 9.59 Å². The first-order chi connectivity index (χ1) is 17.3. The second-order valence-corrected chi connectivity index (χ2v) is 8.59. The van der Waals surface area contributed by atoms with Crippen LogP contribution in [-0.2, 0) is 28.3 Å². The maximum Gasteiger partial charge on any atom is 0.416 e. The molecule has 0 amide bonds. The van der Waals surface area contributed by atoms with Crippen LogP contribution in [0.2, 0.25) is 0 Å². The van der Waals surface area contributed by atoms with Gasteiger partial charge >= 0.3 is 18.3 Å². The third-order valence-electron chi connectivity index (χ3n) is 6.11. The van der Waals surface area contributed by atoms with Gasteiger partial charge in [-0.25, -0.2) is 0 Å². The number of aromatic nitrogens is 1. The van der Waals surface area contributed by atoms with E-state index in [9.17, 15) is 35.9 Å². The molecule has 0 bridgehead atoms. The number of ketones is 1. The molecule has 2 atom stereocenters. The molecule has 0 aliphatic rings. The van der Waals surface area contributed by atoms with Crippen LogP contribution in [-0.4, -0.2) is 36.4 Å². The number of aromatic amines is 1. The molecule has 0 radical (unpaired) electrons. The van der Waals surface area contributed by atoms with E-state index in [4.69, 9.17) is 4.74 Å². The first-order valence-corrected chi connectivity index (χ1v) is 11.6. The maximum absolute atomic E-state index is 13.5. The zero-order chi connectivity index (χ0) is 27.4. The number of H-pyrrole nitrogens is 1. The van der Waals surface area contributed by atoms with Crippen LogP contribution in [0, 0.1) is 5.92 Å². The van der Waals surface area contributed by atoms with E-state index < -0.39 is 52.8 Å². The van der Waals surface area contributed by atoms with Gasteiger partial charge in [-0.05, 0) is 63.1 Å². The molecule has 2 aromatic carbocycles. The Labute approximate surface area is 209 Å². The Morgan fingerprint density at radius 1 is 0.973 bits per heavy atom. The molecule has 3 aromatic rings. The highest BCUT2D eigenvalue weighted by atomic mass is 19.4. The topological polar surface area (TPSA) is 71.2 Å². The molecule has 1 aromatic heterocycles. The van der Waals surface area contributed by atoms with Crippen LogP contribution >= 0.6 is 0 Å². The number of hydrogen-bond donors (Lipinski definition) is 2. The molecule has 0 aliphatic heterocycles. The molecule has 2 unspecified atom stereocenters. The molecular weight excluding hydrogens is 502 g/mol. The van der Waals surface area contributed by atoms with Gasteiger partial charge in [0.2, 0.25) is 0 Å². The predicted molar refractivity (Wildman–Crippen MR) is 125 cm³/mol. The van der Waals surface area contributed by atoms with E-state index in [0.717, 1.165) is 10.9 Å². The number of nitrogens with one attached hydrogen (secondary N) is 2. The molecule has 11 heteroatoms. The Morgan fingerprint density at radius 2 is 1.59 bits per heavy atom. The van der Waals surface area contributed by atoms with Crippen LogP contribution in [0.4, 0.5) is 26.3 Å². The fraction of sp³-hybridized carbons (Fsp3) is 0.385. The van der Waals surface area contributed by atoms with Gasteiger partial charge in [-0.2, -0.15) is 26.3 Å². The van der Waals surface area contributed by atoms with Crippen molar-refractivity contribution in [3.05, 3.63) is 70.9 Å². The number of para-hydroxylation sites is 1. The molecule has 0 saturated carbocycles. The van der Waals surface area contributed by atoms with Crippen molar-refractivity contribution in [3.63, 3.8) is 0 Å². The number of carbonyl (C=O) groups is 2. The van der Waals surface area contributed by atoms with Gasteiger partial charge in [0.05, 0.1) is 17.7 Å². The van der Waals surface area contributed by atoms with Crippen molar-refractivity contribution in [1.29, 1.82) is 0 Å². The third kappa shape index (κ3) is 6.91. The summed E-state index contributed by atoms with van der Waals surface area (Å²) in [6.07, 6.45) is -8.37. The van der Waals surface area contributed by atoms with E-state index in [-0.39, 0.29) is 31.9 Å². The molecule has 2 N–H and O–H groups in total. The Kier molecular flexibility index (Phi) is 8.68. The standard InChI is InChI=1S/C26H26F6N2O3/c1-3-37-24(36)22(33-2)9-8-15(10-17-14-34-21-7-5-4-6-20(17)21)23(35)16-11-18(25(27,28)29)13-19(12-16)26(30,31)32/h4-7,11-15,22,33-34H,3,8-10H2,1-2H3. The predicted octanol–water partition coefficient (Wildman–Crippen LogP) is 6.18. The van der Waals surface area contributed by atoms with Crippen LogP contribution in [0.1, 0.15) is 46.8 Å². The summed E-state index contributed by atoms with van der Waals surface area (Å²) in [6.45, 7) is 1.75. The minimum absolute atomic E-state index is 0.0107. The molecule has 0 fully saturated rings. The fourth-order valence-electron chi connectivity index (χ4n) is 4.22. The van der Waals surface area contributed by atoms with Gasteiger partial charge < -0.3 is 15.0 Å². The Bertz CT molecular complexity index is 1220. The van der Waals surface area contributed by atoms with Crippen molar-refractivity contribution >= 4 is 22.7 Å². The molecule has 1 heterocycles. The monoisotopic (exact) mass is 528 g/mol. The van der Waals surface area contributed by atoms with Crippen molar-refractivity contribution in [2.75, 3.05) is 13.7 Å². The van der Waals surface area contributed by atoms with Crippen LogP contribution in [0.5, 0.6) is 0 Å². The molecule has 37 heavy (non-hydrogen) atoms. The average Bonchev–Trinajstić information content (AvgIpc) is 3.25. The number of ether oxygens (including phenoxy) is 1. The van der Waals surface area contributed by atoms with Crippen molar-refractivity contribution in [2.45, 2.75) is 44.6 Å². The second-order valence-electron chi connectivity index (χ2n) is 8.59. The maximum atomic E-state index is 13.5. The lowest BCUT2D eigenvalue weighted by Gasteiger charge is -2.21. The largest absolute Gasteiger partial charge is 0.465 e. The Hall–Kier alpha value is -3.34. The summed E-state index contributed by atoms with van der Waals surface area (Å²) in [5, 5.41) is 3.55. The summed E-state index contributed by atoms with van der Waals surface area (Å²) < 4.78 is 85.4. The second kappa shape index (κ2) is 11.4. The highest BCUT2D eigenvalue weighted by molar-refractivity contribution is 5.99. The molecule has 0 spiro atoms. The van der Waals surface area contributed by atoms with Crippen LogP contribution in [0.25, 0.3) is 10.9 Å². The Balaban J connectivity index is 2.01. The first-order valence-electron chi connectivity index (χ1n) is 11.6. The summed E-state index contributed by atoms with van der Waals surface area (Å²) in [4.78, 5) is 28.7. The zero-order valence-electron chi connectivity index (χ0n) is 20.1. The molecule has 3 rings (SSSR count). The van der Waals surface area contributed by atoms with Crippen molar-refractivity contribution < 1.29 is 40.7 Å². The summed E-state index contributed by atoms with van der Waals surface area (Å²) in [7, 11) is 1.51. The highest BCUT2D eigenvalue weighted by Gasteiger charge is 2.38. The van der Waals surface area contributed by atoms with Gasteiger partial charge in [-0.15, -0.1) is 0 Å². The number of Topliss-reactive ketones (excluding diaryl/α,β-unsaturated/α-hetero) is 1. The van der Waals surface area contributed by atoms with Gasteiger partial charge in [0.25, 0.3) is 0 Å². The highest BCUT2D eigenvalue weighted by Crippen LogP contribution is 2.37. The lowest BCUT2D eigenvalue weighted by Crippen LogP contribution is -2.36. The number of esters is 1. The summed E-state index contributed by atoms with van der Waals surface area (Å²) in [5.41, 5.74) is -2.37. The first kappa shape index (κ1) is 28.2. The van der Waals surface area contributed by atoms with Crippen molar-refractivity contribution in [3.8, 4) is 0 Å². The van der Waals surface area contributed by atoms with Gasteiger partial charge in [0.1, 0.15) is 6.04 Å². The van der Waals surface area contributed by atoms with Crippen LogP contribution < -0.4 is 5.32 Å². The number of alkyl halides is 6. The lowest BCUT2D eigenvalue weighted by molar-refractivity contribution is -0.146. The molecule has 200 valence electrons. The minimum Gasteiger partial charge on any atom is -0.465 e. The van der Waals surface area contributed by atoms with Gasteiger partial charge in [0, 0.05) is 28.6 Å². The van der Waals surface area contributed by atoms with Crippen molar-refractivity contribution in [2.24, 2.45) is 5.92 Å². The van der Waals surface area contributed by atoms with E-state index >= 15 is 0 Å². The number of likely N-dealkylation sites (N-methyl/N-ethyl adjacent to an activating group) is 1. The van der Waals surface area contributed by atoms with Gasteiger partial charge in [-0.1, -0.05) is 18.2 Å². The normalized spacial score (nSPS) is 13.9. The lowest BCUT2D eigenvalue weighted by atomic mass is 9.85. The number of rotatable bonds is 10. The minimum atomic E-state index is -5.08. The molecular formula is C26H26F6N2O3. The summed E-state index contributed by atoms with van der Waals surface area (Å²) >= 11 is 0. The molecule has 0 saturated heterocycles. The fourth-order valence-corrected chi connectivity index (χ4v) is 4.22. The quantitative estimate of drug-likeness (QED) is 0.187. The van der Waals surface area contributed by atoms with E-state index in [1.807, 2.05) is 0 Å². The summed E-state index contributed by atoms with van der Waals surface area (Å²) in [5.74, 6) is -2.45. The molecule has 0 aliphatic carbocycles. The molecule has 5 nitrogen and oxygen atoms in total. The van der Waals surface area contributed by atoms with Crippen LogP contribution in [0.15, 0.2) is 48.7 Å². The smallest absolute Gasteiger partial charge is 0.416 e. The summed E-state index contributed by atoms with van der Waals surface area (Å²) in [6, 6.07) is 7.25. The van der Waals surface area contributed by atoms with E-state index in [0.29, 0.717) is 17.7 Å². The third-order valence-corrected chi connectivity index (χ3v) is 6.11. The van der Waals surface area contributed by atoms with E-state index in [2.05, 4.69) is 10.3 Å². The van der Waals surface area contributed by atoms with Crippen molar-refractivity contribution in [1.82, 2.24) is 10.3 Å². The van der Waals surface area contributed by atoms with E-state index in [1.54, 1.807) is 37.4 Å². The number of fused-ring (bicyclic) bond motifs is 1. The SMILES string of the molecule is CCOC(=O)C(CCC(Cc1c[nH]c2ccccc12)C(=O)c1cc(C(F)(F)F)cc(C(F)(F)F)c1)NC. The number of benzene rings is 2. The van der Waals surface area contributed by atoms with Crippen LogP contribution in [0.3, 0.4) is 0 Å². The number of hydrogen-bond acceptors (Lipinski definition) is 4. The van der Waals surface area contributed by atoms with Gasteiger partial charge in [0.15, 0.2) is 5.78 Å². The van der Waals surface area contributed by atoms with E-state index in [1.165, 1.54) is 7.05 Å². The number of carbonyl (C=O) groups excluding carboxylic acids is 2. The number of halogens is 6. The Morgan fingerprint density at radius 3 is 2.16 bits per heavy atom. The average molecular weight is 528 g/mol.